The predicted octanol–water partition coefficient (Wildman–Crippen LogP) is 3.34. The molecule has 0 aliphatic carbocycles. The summed E-state index contributed by atoms with van der Waals surface area (Å²) >= 11 is 0. The zero-order valence-electron chi connectivity index (χ0n) is 10.3. The van der Waals surface area contributed by atoms with Crippen molar-refractivity contribution in [1.29, 1.82) is 0 Å². The van der Waals surface area contributed by atoms with Crippen molar-refractivity contribution in [3.63, 3.8) is 0 Å². The average molecular weight is 247 g/mol. The van der Waals surface area contributed by atoms with Crippen molar-refractivity contribution in [2.45, 2.75) is 13.8 Å². The third-order valence-corrected chi connectivity index (χ3v) is 2.61. The van der Waals surface area contributed by atoms with E-state index in [9.17, 15) is 9.90 Å². The van der Waals surface area contributed by atoms with Gasteiger partial charge in [-0.05, 0) is 25.5 Å². The first-order valence-electron chi connectivity index (χ1n) is 5.34. The highest BCUT2D eigenvalue weighted by Gasteiger charge is 2.13. The molecule has 0 fully saturated rings. The van der Waals surface area contributed by atoms with Crippen molar-refractivity contribution in [2.75, 3.05) is 7.11 Å². The standard InChI is InChI=1S/C12H13N3O3/c1-6-4-7(2)9-8(5-6)10(11(16)13-9)14-15-12(17)18-3/h4-5,13,16H,1-3H3. The van der Waals surface area contributed by atoms with Gasteiger partial charge in [-0.3, -0.25) is 0 Å². The van der Waals surface area contributed by atoms with Crippen LogP contribution in [0.15, 0.2) is 22.4 Å². The summed E-state index contributed by atoms with van der Waals surface area (Å²) in [6, 6.07) is 3.85. The first kappa shape index (κ1) is 12.1. The number of carbonyl (C=O) groups is 1. The minimum absolute atomic E-state index is 0.119. The van der Waals surface area contributed by atoms with Crippen LogP contribution in [0.4, 0.5) is 10.5 Å². The quantitative estimate of drug-likeness (QED) is 0.757. The molecule has 1 amide bonds. The summed E-state index contributed by atoms with van der Waals surface area (Å²) in [7, 11) is 1.21. The maximum Gasteiger partial charge on any atom is 0.452 e. The molecule has 0 bridgehead atoms. The minimum Gasteiger partial charge on any atom is -0.493 e. The number of hydrogen-bond donors (Lipinski definition) is 2. The average Bonchev–Trinajstić information content (AvgIpc) is 2.63. The molecule has 18 heavy (non-hydrogen) atoms. The molecule has 0 unspecified atom stereocenters. The highest BCUT2D eigenvalue weighted by molar-refractivity contribution is 5.96. The molecule has 0 spiro atoms. The van der Waals surface area contributed by atoms with Crippen molar-refractivity contribution < 1.29 is 14.6 Å². The van der Waals surface area contributed by atoms with Gasteiger partial charge in [-0.25, -0.2) is 4.79 Å². The van der Waals surface area contributed by atoms with E-state index in [0.717, 1.165) is 22.0 Å². The molecule has 94 valence electrons. The largest absolute Gasteiger partial charge is 0.493 e. The summed E-state index contributed by atoms with van der Waals surface area (Å²) in [4.78, 5) is 13.7. The highest BCUT2D eigenvalue weighted by atomic mass is 16.5. The molecule has 2 N–H and O–H groups in total. The molecule has 0 atom stereocenters. The Morgan fingerprint density at radius 2 is 2.11 bits per heavy atom. The highest BCUT2D eigenvalue weighted by Crippen LogP contribution is 2.37. The van der Waals surface area contributed by atoms with Gasteiger partial charge in [-0.2, -0.15) is 0 Å². The van der Waals surface area contributed by atoms with E-state index in [4.69, 9.17) is 0 Å². The second-order valence-electron chi connectivity index (χ2n) is 4.00. The Morgan fingerprint density at radius 1 is 1.39 bits per heavy atom. The molecule has 0 aliphatic rings. The van der Waals surface area contributed by atoms with Crippen LogP contribution >= 0.6 is 0 Å². The Hall–Kier alpha value is -2.37. The van der Waals surface area contributed by atoms with Gasteiger partial charge in [0.15, 0.2) is 5.69 Å². The van der Waals surface area contributed by atoms with Crippen molar-refractivity contribution >= 4 is 22.7 Å². The molecule has 0 saturated carbocycles. The van der Waals surface area contributed by atoms with Crippen molar-refractivity contribution in [2.24, 2.45) is 10.2 Å². The second kappa shape index (κ2) is 4.48. The predicted molar refractivity (Wildman–Crippen MR) is 66.4 cm³/mol. The number of ether oxygens (including phenoxy) is 1. The number of H-pyrrole nitrogens is 1. The van der Waals surface area contributed by atoms with Crippen molar-refractivity contribution in [3.8, 4) is 5.88 Å². The monoisotopic (exact) mass is 247 g/mol. The zero-order chi connectivity index (χ0) is 13.3. The smallest absolute Gasteiger partial charge is 0.452 e. The minimum atomic E-state index is -0.812. The number of methoxy groups -OCH3 is 1. The lowest BCUT2D eigenvalue weighted by Crippen LogP contribution is -1.89. The third kappa shape index (κ3) is 2.04. The molecule has 0 aliphatic heterocycles. The fraction of sp³-hybridized carbons (Fsp3) is 0.250. The third-order valence-electron chi connectivity index (χ3n) is 2.61. The Balaban J connectivity index is 2.60. The van der Waals surface area contributed by atoms with E-state index in [2.05, 4.69) is 19.9 Å². The number of aromatic nitrogens is 1. The number of benzene rings is 1. The first-order valence-corrected chi connectivity index (χ1v) is 5.34. The summed E-state index contributed by atoms with van der Waals surface area (Å²) in [5.41, 5.74) is 3.03. The van der Waals surface area contributed by atoms with Crippen LogP contribution < -0.4 is 0 Å². The van der Waals surface area contributed by atoms with E-state index < -0.39 is 6.09 Å². The number of aromatic hydroxyl groups is 1. The van der Waals surface area contributed by atoms with Gasteiger partial charge in [-0.1, -0.05) is 16.7 Å². The van der Waals surface area contributed by atoms with Crippen molar-refractivity contribution in [3.05, 3.63) is 23.3 Å². The summed E-state index contributed by atoms with van der Waals surface area (Å²) in [6.07, 6.45) is -0.812. The van der Waals surface area contributed by atoms with Crippen LogP contribution in [0.1, 0.15) is 11.1 Å². The van der Waals surface area contributed by atoms with Gasteiger partial charge in [0.1, 0.15) is 0 Å². The number of carbonyl (C=O) groups excluding carboxylic acids is 1. The van der Waals surface area contributed by atoms with E-state index in [-0.39, 0.29) is 11.6 Å². The van der Waals surface area contributed by atoms with E-state index in [1.807, 2.05) is 26.0 Å². The normalized spacial score (nSPS) is 11.3. The fourth-order valence-corrected chi connectivity index (χ4v) is 1.86. The van der Waals surface area contributed by atoms with E-state index >= 15 is 0 Å². The number of amides is 1. The number of nitrogens with zero attached hydrogens (tertiary/aromatic N) is 2. The number of rotatable bonds is 1. The SMILES string of the molecule is COC(=O)N=Nc1c(O)[nH]c2c(C)cc(C)cc12. The number of fused-ring (bicyclic) bond motifs is 1. The van der Waals surface area contributed by atoms with Crippen LogP contribution in [0.3, 0.4) is 0 Å². The molecule has 2 aromatic rings. The number of aryl methyl sites for hydroxylation is 2. The molecule has 1 heterocycles. The molecular formula is C12H13N3O3. The van der Waals surface area contributed by atoms with Gasteiger partial charge in [0.2, 0.25) is 5.88 Å². The zero-order valence-corrected chi connectivity index (χ0v) is 10.3. The lowest BCUT2D eigenvalue weighted by atomic mass is 10.1. The van der Waals surface area contributed by atoms with Crippen LogP contribution in [0, 0.1) is 13.8 Å². The van der Waals surface area contributed by atoms with E-state index in [0.29, 0.717) is 0 Å². The summed E-state index contributed by atoms with van der Waals surface area (Å²) < 4.78 is 4.36. The van der Waals surface area contributed by atoms with Crippen LogP contribution in [0.5, 0.6) is 5.88 Å². The van der Waals surface area contributed by atoms with Gasteiger partial charge >= 0.3 is 6.09 Å². The number of hydrogen-bond acceptors (Lipinski definition) is 4. The number of azo groups is 1. The van der Waals surface area contributed by atoms with Gasteiger partial charge in [-0.15, -0.1) is 5.11 Å². The molecule has 0 saturated heterocycles. The first-order chi connectivity index (χ1) is 8.52. The Kier molecular flexibility index (Phi) is 3.01. The molecule has 6 nitrogen and oxygen atoms in total. The summed E-state index contributed by atoms with van der Waals surface area (Å²) in [5, 5.41) is 17.5. The lowest BCUT2D eigenvalue weighted by molar-refractivity contribution is 0.181. The molecular weight excluding hydrogens is 234 g/mol. The maximum atomic E-state index is 10.9. The fourth-order valence-electron chi connectivity index (χ4n) is 1.86. The maximum absolute atomic E-state index is 10.9. The number of aromatic amines is 1. The number of nitrogens with one attached hydrogen (secondary N) is 1. The second-order valence-corrected chi connectivity index (χ2v) is 4.00. The van der Waals surface area contributed by atoms with Gasteiger partial charge in [0.25, 0.3) is 0 Å². The van der Waals surface area contributed by atoms with Crippen LogP contribution in [0.25, 0.3) is 10.9 Å². The van der Waals surface area contributed by atoms with Crippen molar-refractivity contribution in [1.82, 2.24) is 4.98 Å². The molecule has 0 radical (unpaired) electrons. The topological polar surface area (TPSA) is 87.0 Å². The molecule has 1 aromatic carbocycles. The van der Waals surface area contributed by atoms with E-state index in [1.165, 1.54) is 7.11 Å². The van der Waals surface area contributed by atoms with Crippen LogP contribution in [-0.2, 0) is 4.74 Å². The Morgan fingerprint density at radius 3 is 2.78 bits per heavy atom. The Bertz CT molecular complexity index is 644. The lowest BCUT2D eigenvalue weighted by Gasteiger charge is -1.98. The van der Waals surface area contributed by atoms with Crippen LogP contribution in [0.2, 0.25) is 0 Å². The summed E-state index contributed by atoms with van der Waals surface area (Å²) in [5.74, 6) is -0.119. The van der Waals surface area contributed by atoms with Crippen LogP contribution in [-0.4, -0.2) is 23.3 Å². The van der Waals surface area contributed by atoms with E-state index in [1.54, 1.807) is 0 Å². The Labute approximate surface area is 103 Å². The van der Waals surface area contributed by atoms with Gasteiger partial charge < -0.3 is 14.8 Å². The van der Waals surface area contributed by atoms with Gasteiger partial charge in [0.05, 0.1) is 12.6 Å². The summed E-state index contributed by atoms with van der Waals surface area (Å²) in [6.45, 7) is 3.87. The molecule has 1 aromatic heterocycles. The molecule has 6 heteroatoms. The van der Waals surface area contributed by atoms with Gasteiger partial charge in [0, 0.05) is 5.39 Å². The molecule has 2 rings (SSSR count).